The van der Waals surface area contributed by atoms with Crippen molar-refractivity contribution in [1.29, 1.82) is 5.26 Å². The molecule has 0 spiro atoms. The number of nitriles is 1. The van der Waals surface area contributed by atoms with Crippen molar-refractivity contribution in [2.75, 3.05) is 0 Å². The summed E-state index contributed by atoms with van der Waals surface area (Å²) in [7, 11) is 0. The molecule has 2 N–H and O–H groups in total. The van der Waals surface area contributed by atoms with E-state index in [0.717, 1.165) is 16.9 Å². The molecule has 0 saturated heterocycles. The van der Waals surface area contributed by atoms with Crippen LogP contribution >= 0.6 is 11.3 Å². The van der Waals surface area contributed by atoms with Crippen molar-refractivity contribution in [3.8, 4) is 6.07 Å². The Balaban J connectivity index is 2.10. The average Bonchev–Trinajstić information content (AvgIpc) is 3.10. The second-order valence-electron chi connectivity index (χ2n) is 7.34. The van der Waals surface area contributed by atoms with Gasteiger partial charge in [-0.15, -0.1) is 11.3 Å². The average molecular weight is 446 g/mol. The number of allylic oxidation sites excluding steroid dienone is 1. The van der Waals surface area contributed by atoms with Crippen LogP contribution < -0.4 is 20.5 Å². The van der Waals surface area contributed by atoms with Gasteiger partial charge in [0.25, 0.3) is 5.56 Å². The number of nitrogens with zero attached hydrogens (tertiary/aromatic N) is 4. The lowest BCUT2D eigenvalue weighted by Crippen LogP contribution is -2.40. The maximum absolute atomic E-state index is 13.2. The Morgan fingerprint density at radius 2 is 2.00 bits per heavy atom. The Kier molecular flexibility index (Phi) is 5.71. The number of carbonyl (C=O) groups excluding carboxylic acids is 1. The van der Waals surface area contributed by atoms with Crippen LogP contribution in [0.3, 0.4) is 0 Å². The summed E-state index contributed by atoms with van der Waals surface area (Å²) >= 11 is 1.12. The first-order valence-corrected chi connectivity index (χ1v) is 10.6. The molecule has 0 radical (unpaired) electrons. The van der Waals surface area contributed by atoms with Gasteiger partial charge in [-0.2, -0.15) is 5.26 Å². The fourth-order valence-electron chi connectivity index (χ4n) is 3.51. The first-order valence-electron chi connectivity index (χ1n) is 9.81. The van der Waals surface area contributed by atoms with Crippen LogP contribution in [0, 0.1) is 11.3 Å². The zero-order valence-corrected chi connectivity index (χ0v) is 18.2. The summed E-state index contributed by atoms with van der Waals surface area (Å²) < 4.78 is 7.40. The molecular weight excluding hydrogens is 426 g/mol. The first-order chi connectivity index (χ1) is 15.4. The predicted molar refractivity (Wildman–Crippen MR) is 120 cm³/mol. The summed E-state index contributed by atoms with van der Waals surface area (Å²) in [6, 6.07) is 9.13. The Hall–Kier alpha value is -4.03. The SMILES string of the molecule is CC(C)OC(=O)C1=c2sc(=Cc3cccnc3)c(=O)n2C(N)=C(C#N)[C@@H]1c1cccnc1. The van der Waals surface area contributed by atoms with Crippen molar-refractivity contribution < 1.29 is 9.53 Å². The molecule has 3 aromatic rings. The zero-order chi connectivity index (χ0) is 22.8. The molecule has 8 nitrogen and oxygen atoms in total. The normalized spacial score (nSPS) is 16.1. The van der Waals surface area contributed by atoms with Crippen LogP contribution in [-0.4, -0.2) is 26.6 Å². The minimum atomic E-state index is -0.802. The van der Waals surface area contributed by atoms with Gasteiger partial charge in [0, 0.05) is 24.8 Å². The summed E-state index contributed by atoms with van der Waals surface area (Å²) in [5, 5.41) is 9.93. The van der Waals surface area contributed by atoms with E-state index in [9.17, 15) is 14.9 Å². The number of esters is 1. The smallest absolute Gasteiger partial charge is 0.338 e. The molecule has 0 amide bonds. The molecule has 1 aliphatic rings. The van der Waals surface area contributed by atoms with Gasteiger partial charge in [-0.1, -0.05) is 12.1 Å². The van der Waals surface area contributed by atoms with E-state index in [0.29, 0.717) is 14.8 Å². The van der Waals surface area contributed by atoms with Crippen LogP contribution in [0.15, 0.2) is 59.4 Å². The number of hydrogen-bond acceptors (Lipinski definition) is 8. The van der Waals surface area contributed by atoms with Crippen LogP contribution in [0.2, 0.25) is 0 Å². The highest BCUT2D eigenvalue weighted by Gasteiger charge is 2.36. The molecule has 0 unspecified atom stereocenters. The number of thiazole rings is 1. The third-order valence-electron chi connectivity index (χ3n) is 4.83. The maximum Gasteiger partial charge on any atom is 0.338 e. The van der Waals surface area contributed by atoms with E-state index in [1.165, 1.54) is 4.57 Å². The van der Waals surface area contributed by atoms with Gasteiger partial charge in [0.2, 0.25) is 0 Å². The van der Waals surface area contributed by atoms with Crippen molar-refractivity contribution in [2.24, 2.45) is 5.73 Å². The molecule has 1 atom stereocenters. The predicted octanol–water partition coefficient (Wildman–Crippen LogP) is 1.08. The molecule has 1 aliphatic heterocycles. The summed E-state index contributed by atoms with van der Waals surface area (Å²) in [5.74, 6) is -1.43. The number of nitrogens with two attached hydrogens (primary N) is 1. The van der Waals surface area contributed by atoms with E-state index in [2.05, 4.69) is 16.0 Å². The number of pyridine rings is 2. The van der Waals surface area contributed by atoms with Gasteiger partial charge < -0.3 is 10.5 Å². The lowest BCUT2D eigenvalue weighted by molar-refractivity contribution is -0.140. The maximum atomic E-state index is 13.2. The summed E-state index contributed by atoms with van der Waals surface area (Å²) in [4.78, 5) is 34.7. The van der Waals surface area contributed by atoms with Gasteiger partial charge in [0.1, 0.15) is 10.5 Å². The van der Waals surface area contributed by atoms with Crippen LogP contribution in [-0.2, 0) is 9.53 Å². The first kappa shape index (κ1) is 21.2. The zero-order valence-electron chi connectivity index (χ0n) is 17.4. The highest BCUT2D eigenvalue weighted by Crippen LogP contribution is 2.36. The van der Waals surface area contributed by atoms with Gasteiger partial charge in [-0.05, 0) is 43.2 Å². The number of aromatic nitrogens is 3. The van der Waals surface area contributed by atoms with Crippen molar-refractivity contribution in [3.05, 3.63) is 85.3 Å². The van der Waals surface area contributed by atoms with E-state index in [-0.39, 0.29) is 23.1 Å². The Bertz CT molecular complexity index is 1430. The third-order valence-corrected chi connectivity index (χ3v) is 5.94. The van der Waals surface area contributed by atoms with Gasteiger partial charge in [-0.25, -0.2) is 4.79 Å². The summed E-state index contributed by atoms with van der Waals surface area (Å²) in [5.41, 5.74) is 7.50. The van der Waals surface area contributed by atoms with Crippen molar-refractivity contribution >= 4 is 34.8 Å². The van der Waals surface area contributed by atoms with Crippen LogP contribution in [0.4, 0.5) is 0 Å². The molecule has 0 saturated carbocycles. The second kappa shape index (κ2) is 8.61. The number of carbonyl (C=O) groups is 1. The van der Waals surface area contributed by atoms with Gasteiger partial charge in [-0.3, -0.25) is 19.3 Å². The Morgan fingerprint density at radius 3 is 2.59 bits per heavy atom. The van der Waals surface area contributed by atoms with E-state index in [1.807, 2.05) is 6.07 Å². The van der Waals surface area contributed by atoms with Gasteiger partial charge in [0.15, 0.2) is 0 Å². The van der Waals surface area contributed by atoms with E-state index in [4.69, 9.17) is 10.5 Å². The second-order valence-corrected chi connectivity index (χ2v) is 8.37. The van der Waals surface area contributed by atoms with E-state index in [1.54, 1.807) is 62.9 Å². The molecule has 160 valence electrons. The van der Waals surface area contributed by atoms with Crippen LogP contribution in [0.25, 0.3) is 17.5 Å². The summed E-state index contributed by atoms with van der Waals surface area (Å²) in [6.45, 7) is 3.47. The monoisotopic (exact) mass is 445 g/mol. The Labute approximate surface area is 187 Å². The fourth-order valence-corrected chi connectivity index (χ4v) is 4.68. The Morgan fingerprint density at radius 1 is 1.28 bits per heavy atom. The molecule has 4 heterocycles. The molecule has 9 heteroatoms. The highest BCUT2D eigenvalue weighted by atomic mass is 32.1. The largest absolute Gasteiger partial charge is 0.460 e. The van der Waals surface area contributed by atoms with Crippen molar-refractivity contribution in [1.82, 2.24) is 14.5 Å². The van der Waals surface area contributed by atoms with Gasteiger partial charge >= 0.3 is 5.97 Å². The van der Waals surface area contributed by atoms with Crippen LogP contribution in [0.5, 0.6) is 0 Å². The lowest BCUT2D eigenvalue weighted by atomic mass is 9.84. The standard InChI is InChI=1S/C23H19N5O3S/c1-13(2)31-23(30)19-18(15-6-4-8-27-12-15)16(10-24)20(25)28-21(29)17(32-22(19)28)9-14-5-3-7-26-11-14/h3-9,11-13,18H,25H2,1-2H3/t18-/m0/s1. The molecule has 0 aliphatic carbocycles. The minimum Gasteiger partial charge on any atom is -0.460 e. The number of hydrogen-bond donors (Lipinski definition) is 1. The van der Waals surface area contributed by atoms with Crippen molar-refractivity contribution in [2.45, 2.75) is 25.9 Å². The quantitative estimate of drug-likeness (QED) is 0.596. The molecular formula is C23H19N5O3S. The number of fused-ring (bicyclic) bond motifs is 1. The van der Waals surface area contributed by atoms with Crippen LogP contribution in [0.1, 0.15) is 30.9 Å². The molecule has 0 fully saturated rings. The number of ether oxygens (including phenoxy) is 1. The fraction of sp³-hybridized carbons (Fsp3) is 0.174. The molecule has 0 aromatic carbocycles. The van der Waals surface area contributed by atoms with E-state index < -0.39 is 17.4 Å². The van der Waals surface area contributed by atoms with Gasteiger partial charge in [0.05, 0.1) is 33.8 Å². The molecule has 32 heavy (non-hydrogen) atoms. The highest BCUT2D eigenvalue weighted by molar-refractivity contribution is 7.07. The molecule has 0 bridgehead atoms. The topological polar surface area (TPSA) is 124 Å². The summed E-state index contributed by atoms with van der Waals surface area (Å²) in [6.07, 6.45) is 7.71. The van der Waals surface area contributed by atoms with Crippen molar-refractivity contribution in [3.63, 3.8) is 0 Å². The number of rotatable bonds is 4. The minimum absolute atomic E-state index is 0.00969. The van der Waals surface area contributed by atoms with E-state index >= 15 is 0 Å². The third kappa shape index (κ3) is 3.72. The lowest BCUT2D eigenvalue weighted by Gasteiger charge is -2.25. The molecule has 4 rings (SSSR count). The molecule has 3 aromatic heterocycles.